The van der Waals surface area contributed by atoms with E-state index in [0.717, 1.165) is 29.7 Å². The standard InChI is InChI=1S/C12H21N3/c1-9(2)6-5-7-13-12-11(4)14-8-10(3)15-12/h8-9H,5-7H2,1-4H3,(H,13,15). The molecule has 1 aromatic heterocycles. The molecule has 0 aliphatic carbocycles. The van der Waals surface area contributed by atoms with Crippen LogP contribution in [0.3, 0.4) is 0 Å². The van der Waals surface area contributed by atoms with Crippen LogP contribution < -0.4 is 5.32 Å². The molecule has 3 nitrogen and oxygen atoms in total. The van der Waals surface area contributed by atoms with Crippen molar-refractivity contribution in [3.05, 3.63) is 17.6 Å². The maximum absolute atomic E-state index is 4.42. The quantitative estimate of drug-likeness (QED) is 0.754. The number of aromatic nitrogens is 2. The first-order valence-electron chi connectivity index (χ1n) is 5.63. The lowest BCUT2D eigenvalue weighted by Crippen LogP contribution is -2.07. The van der Waals surface area contributed by atoms with Crippen LogP contribution in [-0.4, -0.2) is 16.5 Å². The number of anilines is 1. The Labute approximate surface area is 92.3 Å². The molecule has 1 aromatic rings. The molecule has 1 N–H and O–H groups in total. The fraction of sp³-hybridized carbons (Fsp3) is 0.667. The normalized spacial score (nSPS) is 10.7. The summed E-state index contributed by atoms with van der Waals surface area (Å²) in [5.41, 5.74) is 1.94. The van der Waals surface area contributed by atoms with Crippen molar-refractivity contribution >= 4 is 5.82 Å². The van der Waals surface area contributed by atoms with Crippen molar-refractivity contribution in [2.45, 2.75) is 40.5 Å². The number of aryl methyl sites for hydroxylation is 2. The van der Waals surface area contributed by atoms with Gasteiger partial charge in [-0.05, 0) is 32.6 Å². The van der Waals surface area contributed by atoms with Crippen LogP contribution in [-0.2, 0) is 0 Å². The van der Waals surface area contributed by atoms with Gasteiger partial charge in [0.05, 0.1) is 11.4 Å². The van der Waals surface area contributed by atoms with E-state index in [2.05, 4.69) is 29.1 Å². The molecule has 0 saturated heterocycles. The zero-order valence-electron chi connectivity index (χ0n) is 10.2. The van der Waals surface area contributed by atoms with E-state index in [1.165, 1.54) is 12.8 Å². The second kappa shape index (κ2) is 5.69. The van der Waals surface area contributed by atoms with Crippen LogP contribution in [0.5, 0.6) is 0 Å². The Morgan fingerprint density at radius 1 is 1.33 bits per heavy atom. The summed E-state index contributed by atoms with van der Waals surface area (Å²) < 4.78 is 0. The highest BCUT2D eigenvalue weighted by molar-refractivity contribution is 5.39. The van der Waals surface area contributed by atoms with Gasteiger partial charge < -0.3 is 5.32 Å². The van der Waals surface area contributed by atoms with E-state index in [0.29, 0.717) is 0 Å². The van der Waals surface area contributed by atoms with Gasteiger partial charge in [0.25, 0.3) is 0 Å². The average Bonchev–Trinajstić information content (AvgIpc) is 2.17. The van der Waals surface area contributed by atoms with Crippen LogP contribution in [0.2, 0.25) is 0 Å². The smallest absolute Gasteiger partial charge is 0.147 e. The van der Waals surface area contributed by atoms with Crippen molar-refractivity contribution in [3.8, 4) is 0 Å². The van der Waals surface area contributed by atoms with E-state index < -0.39 is 0 Å². The highest BCUT2D eigenvalue weighted by Gasteiger charge is 2.00. The Kier molecular flexibility index (Phi) is 4.53. The Morgan fingerprint density at radius 2 is 2.07 bits per heavy atom. The number of hydrogen-bond acceptors (Lipinski definition) is 3. The van der Waals surface area contributed by atoms with E-state index in [-0.39, 0.29) is 0 Å². The summed E-state index contributed by atoms with van der Waals surface area (Å²) in [6.07, 6.45) is 4.24. The van der Waals surface area contributed by atoms with Gasteiger partial charge in [0, 0.05) is 12.7 Å². The first-order valence-corrected chi connectivity index (χ1v) is 5.63. The van der Waals surface area contributed by atoms with Crippen molar-refractivity contribution in [2.75, 3.05) is 11.9 Å². The molecule has 1 heterocycles. The molecule has 0 atom stereocenters. The maximum atomic E-state index is 4.42. The Morgan fingerprint density at radius 3 is 2.73 bits per heavy atom. The highest BCUT2D eigenvalue weighted by atomic mass is 15.0. The lowest BCUT2D eigenvalue weighted by molar-refractivity contribution is 0.566. The molecule has 15 heavy (non-hydrogen) atoms. The summed E-state index contributed by atoms with van der Waals surface area (Å²) in [4.78, 5) is 8.68. The highest BCUT2D eigenvalue weighted by Crippen LogP contribution is 2.09. The van der Waals surface area contributed by atoms with Crippen LogP contribution in [0.15, 0.2) is 6.20 Å². The molecular formula is C12H21N3. The first-order chi connectivity index (χ1) is 7.09. The zero-order valence-corrected chi connectivity index (χ0v) is 10.2. The average molecular weight is 207 g/mol. The summed E-state index contributed by atoms with van der Waals surface area (Å²) in [6.45, 7) is 9.43. The first kappa shape index (κ1) is 12.0. The van der Waals surface area contributed by atoms with Crippen molar-refractivity contribution in [1.29, 1.82) is 0 Å². The van der Waals surface area contributed by atoms with Crippen LogP contribution >= 0.6 is 0 Å². The van der Waals surface area contributed by atoms with E-state index in [1.54, 1.807) is 6.20 Å². The van der Waals surface area contributed by atoms with E-state index in [1.807, 2.05) is 13.8 Å². The molecule has 0 saturated carbocycles. The topological polar surface area (TPSA) is 37.8 Å². The molecule has 0 spiro atoms. The molecule has 0 aliphatic heterocycles. The fourth-order valence-electron chi connectivity index (χ4n) is 1.42. The summed E-state index contributed by atoms with van der Waals surface area (Å²) in [6, 6.07) is 0. The Hall–Kier alpha value is -1.12. The third-order valence-electron chi connectivity index (χ3n) is 2.33. The second-order valence-corrected chi connectivity index (χ2v) is 4.41. The third kappa shape index (κ3) is 4.28. The molecule has 3 heteroatoms. The van der Waals surface area contributed by atoms with Crippen LogP contribution in [0.4, 0.5) is 5.82 Å². The van der Waals surface area contributed by atoms with Gasteiger partial charge in [-0.2, -0.15) is 0 Å². The second-order valence-electron chi connectivity index (χ2n) is 4.41. The van der Waals surface area contributed by atoms with Crippen LogP contribution in [0.1, 0.15) is 38.1 Å². The monoisotopic (exact) mass is 207 g/mol. The number of hydrogen-bond donors (Lipinski definition) is 1. The predicted octanol–water partition coefficient (Wildman–Crippen LogP) is 2.94. The largest absolute Gasteiger partial charge is 0.369 e. The fourth-order valence-corrected chi connectivity index (χ4v) is 1.42. The van der Waals surface area contributed by atoms with E-state index in [9.17, 15) is 0 Å². The van der Waals surface area contributed by atoms with Gasteiger partial charge in [-0.25, -0.2) is 4.98 Å². The van der Waals surface area contributed by atoms with Crippen LogP contribution in [0.25, 0.3) is 0 Å². The lowest BCUT2D eigenvalue weighted by atomic mass is 10.1. The molecule has 0 aromatic carbocycles. The minimum absolute atomic E-state index is 0.775. The van der Waals surface area contributed by atoms with Crippen LogP contribution in [0, 0.1) is 19.8 Å². The van der Waals surface area contributed by atoms with Crippen molar-refractivity contribution in [3.63, 3.8) is 0 Å². The summed E-state index contributed by atoms with van der Waals surface area (Å²) >= 11 is 0. The molecule has 0 aliphatic rings. The van der Waals surface area contributed by atoms with Gasteiger partial charge in [-0.3, -0.25) is 4.98 Å². The molecule has 1 rings (SSSR count). The number of nitrogens with one attached hydrogen (secondary N) is 1. The molecule has 0 radical (unpaired) electrons. The van der Waals surface area contributed by atoms with E-state index >= 15 is 0 Å². The third-order valence-corrected chi connectivity index (χ3v) is 2.33. The van der Waals surface area contributed by atoms with Gasteiger partial charge >= 0.3 is 0 Å². The molecule has 0 fully saturated rings. The minimum Gasteiger partial charge on any atom is -0.369 e. The van der Waals surface area contributed by atoms with Crippen molar-refractivity contribution < 1.29 is 0 Å². The Balaban J connectivity index is 2.40. The molecule has 0 unspecified atom stereocenters. The predicted molar refractivity (Wildman–Crippen MR) is 64.1 cm³/mol. The van der Waals surface area contributed by atoms with Gasteiger partial charge in [-0.15, -0.1) is 0 Å². The van der Waals surface area contributed by atoms with Gasteiger partial charge in [0.1, 0.15) is 5.82 Å². The lowest BCUT2D eigenvalue weighted by Gasteiger charge is -2.09. The molecule has 0 amide bonds. The van der Waals surface area contributed by atoms with Gasteiger partial charge in [-0.1, -0.05) is 13.8 Å². The summed E-state index contributed by atoms with van der Waals surface area (Å²) in [5.74, 6) is 1.70. The molecular weight excluding hydrogens is 186 g/mol. The SMILES string of the molecule is Cc1cnc(C)c(NCCCC(C)C)n1. The number of rotatable bonds is 5. The van der Waals surface area contributed by atoms with Crippen molar-refractivity contribution in [2.24, 2.45) is 5.92 Å². The summed E-state index contributed by atoms with van der Waals surface area (Å²) in [5, 5.41) is 3.34. The Bertz CT molecular complexity index is 308. The van der Waals surface area contributed by atoms with E-state index in [4.69, 9.17) is 0 Å². The molecule has 84 valence electrons. The zero-order chi connectivity index (χ0) is 11.3. The van der Waals surface area contributed by atoms with Gasteiger partial charge in [0.2, 0.25) is 0 Å². The maximum Gasteiger partial charge on any atom is 0.147 e. The molecule has 0 bridgehead atoms. The van der Waals surface area contributed by atoms with Gasteiger partial charge in [0.15, 0.2) is 0 Å². The number of nitrogens with zero attached hydrogens (tertiary/aromatic N) is 2. The summed E-state index contributed by atoms with van der Waals surface area (Å²) in [7, 11) is 0. The minimum atomic E-state index is 0.775. The van der Waals surface area contributed by atoms with Crippen molar-refractivity contribution in [1.82, 2.24) is 9.97 Å².